The summed E-state index contributed by atoms with van der Waals surface area (Å²) in [4.78, 5) is 14.6. The Kier molecular flexibility index (Phi) is 3.60. The lowest BCUT2D eigenvalue weighted by Crippen LogP contribution is -2.42. The minimum Gasteiger partial charge on any atom is -0.382 e. The molecule has 0 spiro atoms. The summed E-state index contributed by atoms with van der Waals surface area (Å²) in [5.74, 6) is 0.216. The van der Waals surface area contributed by atoms with Gasteiger partial charge < -0.3 is 10.2 Å². The van der Waals surface area contributed by atoms with Crippen molar-refractivity contribution in [3.8, 4) is 0 Å². The molecule has 1 aliphatic heterocycles. The number of nitrogens with one attached hydrogen (secondary N) is 1. The van der Waals surface area contributed by atoms with Crippen molar-refractivity contribution in [2.75, 3.05) is 23.3 Å². The van der Waals surface area contributed by atoms with Gasteiger partial charge in [-0.05, 0) is 32.4 Å². The fourth-order valence-electron chi connectivity index (χ4n) is 2.26. The zero-order valence-corrected chi connectivity index (χ0v) is 11.5. The zero-order valence-electron chi connectivity index (χ0n) is 11.5. The number of hydrogen-bond acceptors (Lipinski definition) is 2. The molecule has 0 saturated heterocycles. The van der Waals surface area contributed by atoms with E-state index in [2.05, 4.69) is 12.2 Å². The first-order valence-corrected chi connectivity index (χ1v) is 6.71. The molecule has 3 heteroatoms. The summed E-state index contributed by atoms with van der Waals surface area (Å²) in [7, 11) is 0. The highest BCUT2D eigenvalue weighted by Gasteiger charge is 2.35. The smallest absolute Gasteiger partial charge is 0.234 e. The predicted octanol–water partition coefficient (Wildman–Crippen LogP) is 3.27. The van der Waals surface area contributed by atoms with Gasteiger partial charge >= 0.3 is 0 Å². The summed E-state index contributed by atoms with van der Waals surface area (Å²) >= 11 is 0. The Morgan fingerprint density at radius 3 is 2.78 bits per heavy atom. The monoisotopic (exact) mass is 246 g/mol. The van der Waals surface area contributed by atoms with Crippen LogP contribution < -0.4 is 10.2 Å². The number of hydrogen-bond donors (Lipinski definition) is 1. The van der Waals surface area contributed by atoms with Crippen molar-refractivity contribution in [2.45, 2.75) is 33.6 Å². The number of carbonyl (C=O) groups excluding carboxylic acids is 1. The zero-order chi connectivity index (χ0) is 13.2. The lowest BCUT2D eigenvalue weighted by atomic mass is 9.92. The number of nitrogens with zero attached hydrogens (tertiary/aromatic N) is 1. The summed E-state index contributed by atoms with van der Waals surface area (Å²) < 4.78 is 0. The fraction of sp³-hybridized carbons (Fsp3) is 0.533. The molecule has 1 aromatic rings. The largest absolute Gasteiger partial charge is 0.382 e. The Morgan fingerprint density at radius 2 is 2.06 bits per heavy atom. The maximum atomic E-state index is 12.6. The van der Waals surface area contributed by atoms with Crippen LogP contribution in [0.2, 0.25) is 0 Å². The van der Waals surface area contributed by atoms with Gasteiger partial charge in [0.05, 0.1) is 16.8 Å². The normalized spacial score (nSPS) is 17.9. The number of para-hydroxylation sites is 2. The molecule has 0 saturated carbocycles. The van der Waals surface area contributed by atoms with Crippen LogP contribution in [0.3, 0.4) is 0 Å². The molecule has 0 bridgehead atoms. The number of rotatable bonds is 3. The molecule has 1 aromatic carbocycles. The van der Waals surface area contributed by atoms with Crippen molar-refractivity contribution >= 4 is 17.3 Å². The Hall–Kier alpha value is -1.51. The van der Waals surface area contributed by atoms with E-state index in [4.69, 9.17) is 0 Å². The van der Waals surface area contributed by atoms with Gasteiger partial charge in [-0.1, -0.05) is 25.5 Å². The molecule has 18 heavy (non-hydrogen) atoms. The van der Waals surface area contributed by atoms with Crippen LogP contribution >= 0.6 is 0 Å². The number of unbranched alkanes of at least 4 members (excludes halogenated alkanes) is 1. The first-order chi connectivity index (χ1) is 8.56. The van der Waals surface area contributed by atoms with Crippen LogP contribution in [-0.2, 0) is 4.79 Å². The van der Waals surface area contributed by atoms with Crippen LogP contribution in [0.15, 0.2) is 24.3 Å². The van der Waals surface area contributed by atoms with Crippen LogP contribution in [0.5, 0.6) is 0 Å². The lowest BCUT2D eigenvalue weighted by Gasteiger charge is -2.28. The third-order valence-corrected chi connectivity index (χ3v) is 3.48. The third-order valence-electron chi connectivity index (χ3n) is 3.48. The summed E-state index contributed by atoms with van der Waals surface area (Å²) in [5.41, 5.74) is 1.72. The molecule has 0 fully saturated rings. The average molecular weight is 246 g/mol. The highest BCUT2D eigenvalue weighted by molar-refractivity contribution is 6.01. The van der Waals surface area contributed by atoms with E-state index >= 15 is 0 Å². The van der Waals surface area contributed by atoms with Crippen LogP contribution in [0.25, 0.3) is 0 Å². The van der Waals surface area contributed by atoms with Crippen molar-refractivity contribution in [1.29, 1.82) is 0 Å². The van der Waals surface area contributed by atoms with Gasteiger partial charge in [0.1, 0.15) is 0 Å². The van der Waals surface area contributed by atoms with E-state index in [9.17, 15) is 4.79 Å². The van der Waals surface area contributed by atoms with Crippen molar-refractivity contribution in [1.82, 2.24) is 0 Å². The molecule has 3 nitrogen and oxygen atoms in total. The predicted molar refractivity (Wildman–Crippen MR) is 76.0 cm³/mol. The summed E-state index contributed by atoms with van der Waals surface area (Å²) in [5, 5.41) is 3.39. The van der Waals surface area contributed by atoms with Gasteiger partial charge in [0.25, 0.3) is 0 Å². The van der Waals surface area contributed by atoms with E-state index in [1.54, 1.807) is 0 Å². The number of carbonyl (C=O) groups is 1. The molecular weight excluding hydrogens is 224 g/mol. The first-order valence-electron chi connectivity index (χ1n) is 6.71. The van der Waals surface area contributed by atoms with Gasteiger partial charge in [0, 0.05) is 13.1 Å². The molecular formula is C15H22N2O. The summed E-state index contributed by atoms with van der Waals surface area (Å²) in [6.45, 7) is 7.65. The first kappa shape index (κ1) is 12.9. The topological polar surface area (TPSA) is 32.3 Å². The van der Waals surface area contributed by atoms with E-state index in [-0.39, 0.29) is 11.3 Å². The Balaban J connectivity index is 2.39. The lowest BCUT2D eigenvalue weighted by molar-refractivity contribution is -0.125. The third kappa shape index (κ3) is 2.35. The minimum atomic E-state index is -0.354. The number of anilines is 2. The molecule has 0 aliphatic carbocycles. The molecule has 0 radical (unpaired) electrons. The van der Waals surface area contributed by atoms with Crippen molar-refractivity contribution in [2.24, 2.45) is 5.41 Å². The van der Waals surface area contributed by atoms with Crippen LogP contribution in [0, 0.1) is 5.41 Å². The van der Waals surface area contributed by atoms with Gasteiger partial charge in [-0.3, -0.25) is 4.79 Å². The van der Waals surface area contributed by atoms with E-state index in [0.717, 1.165) is 30.8 Å². The second-order valence-electron chi connectivity index (χ2n) is 5.56. The molecule has 0 atom stereocenters. The standard InChI is InChI=1S/C15H22N2O/c1-4-5-10-17-13-9-7-6-8-12(13)16-11-15(2,3)14(17)18/h6-9,16H,4-5,10-11H2,1-3H3. The maximum absolute atomic E-state index is 12.6. The minimum absolute atomic E-state index is 0.216. The van der Waals surface area contributed by atoms with Gasteiger partial charge in [-0.2, -0.15) is 0 Å². The van der Waals surface area contributed by atoms with E-state index in [1.807, 2.05) is 43.0 Å². The maximum Gasteiger partial charge on any atom is 0.234 e. The quantitative estimate of drug-likeness (QED) is 0.887. The fourth-order valence-corrected chi connectivity index (χ4v) is 2.26. The number of amides is 1. The average Bonchev–Trinajstić information content (AvgIpc) is 2.46. The number of fused-ring (bicyclic) bond motifs is 1. The van der Waals surface area contributed by atoms with Crippen LogP contribution in [0.1, 0.15) is 33.6 Å². The molecule has 2 rings (SSSR count). The second-order valence-corrected chi connectivity index (χ2v) is 5.56. The van der Waals surface area contributed by atoms with E-state index in [1.165, 1.54) is 0 Å². The van der Waals surface area contributed by atoms with Gasteiger partial charge in [0.2, 0.25) is 5.91 Å². The Morgan fingerprint density at radius 1 is 1.33 bits per heavy atom. The molecule has 1 heterocycles. The summed E-state index contributed by atoms with van der Waals surface area (Å²) in [6.07, 6.45) is 2.13. The van der Waals surface area contributed by atoms with Crippen LogP contribution in [-0.4, -0.2) is 19.0 Å². The highest BCUT2D eigenvalue weighted by atomic mass is 16.2. The Labute approximate surface area is 109 Å². The van der Waals surface area contributed by atoms with Crippen molar-refractivity contribution in [3.05, 3.63) is 24.3 Å². The molecule has 1 amide bonds. The molecule has 1 aliphatic rings. The molecule has 0 unspecified atom stereocenters. The van der Waals surface area contributed by atoms with Gasteiger partial charge in [0.15, 0.2) is 0 Å². The van der Waals surface area contributed by atoms with Crippen molar-refractivity contribution in [3.63, 3.8) is 0 Å². The van der Waals surface area contributed by atoms with Gasteiger partial charge in [-0.15, -0.1) is 0 Å². The Bertz CT molecular complexity index is 440. The number of benzene rings is 1. The highest BCUT2D eigenvalue weighted by Crippen LogP contribution is 2.34. The van der Waals surface area contributed by atoms with E-state index < -0.39 is 0 Å². The molecule has 98 valence electrons. The van der Waals surface area contributed by atoms with Gasteiger partial charge in [-0.25, -0.2) is 0 Å². The SMILES string of the molecule is CCCCN1C(=O)C(C)(C)CNc2ccccc21. The second kappa shape index (κ2) is 5.01. The van der Waals surface area contributed by atoms with Crippen LogP contribution in [0.4, 0.5) is 11.4 Å². The molecule has 1 N–H and O–H groups in total. The van der Waals surface area contributed by atoms with E-state index in [0.29, 0.717) is 6.54 Å². The molecule has 0 aromatic heterocycles. The van der Waals surface area contributed by atoms with Crippen molar-refractivity contribution < 1.29 is 4.79 Å². The summed E-state index contributed by atoms with van der Waals surface area (Å²) in [6, 6.07) is 8.07.